The van der Waals surface area contributed by atoms with Crippen LogP contribution in [0.3, 0.4) is 0 Å². The molecular formula is C11H22N2O3. The number of hydrogen-bond acceptors (Lipinski definition) is 4. The Morgan fingerprint density at radius 2 is 2.06 bits per heavy atom. The third kappa shape index (κ3) is 5.44. The van der Waals surface area contributed by atoms with Crippen molar-refractivity contribution in [1.29, 1.82) is 0 Å². The fourth-order valence-electron chi connectivity index (χ4n) is 1.79. The summed E-state index contributed by atoms with van der Waals surface area (Å²) in [5.41, 5.74) is 5.79. The standard InChI is InChI=1S/C11H22N2O3/c1-15-7-6-13-11(14)8-16-10-4-2-9(12)3-5-10/h9-10H,2-8,12H2,1H3,(H,13,14). The van der Waals surface area contributed by atoms with Gasteiger partial charge in [0.1, 0.15) is 6.61 Å². The van der Waals surface area contributed by atoms with Crippen molar-refractivity contribution in [2.45, 2.75) is 37.8 Å². The van der Waals surface area contributed by atoms with Crippen molar-refractivity contribution < 1.29 is 14.3 Å². The predicted molar refractivity (Wildman–Crippen MR) is 61.1 cm³/mol. The Morgan fingerprint density at radius 3 is 2.69 bits per heavy atom. The van der Waals surface area contributed by atoms with Gasteiger partial charge < -0.3 is 20.5 Å². The molecule has 94 valence electrons. The summed E-state index contributed by atoms with van der Waals surface area (Å²) in [6.45, 7) is 1.21. The maximum absolute atomic E-state index is 11.3. The number of nitrogens with two attached hydrogens (primary N) is 1. The Morgan fingerprint density at radius 1 is 1.38 bits per heavy atom. The Balaban J connectivity index is 2.03. The SMILES string of the molecule is COCCNC(=O)COC1CCC(N)CC1. The second-order valence-electron chi connectivity index (χ2n) is 4.19. The highest BCUT2D eigenvalue weighted by Crippen LogP contribution is 2.19. The fraction of sp³-hybridized carbons (Fsp3) is 0.909. The molecule has 0 heterocycles. The van der Waals surface area contributed by atoms with E-state index in [1.807, 2.05) is 0 Å². The molecular weight excluding hydrogens is 208 g/mol. The predicted octanol–water partition coefficient (Wildman–Crippen LogP) is 0.0355. The molecule has 1 aliphatic rings. The summed E-state index contributed by atoms with van der Waals surface area (Å²) in [5.74, 6) is -0.0769. The number of amides is 1. The number of rotatable bonds is 6. The second kappa shape index (κ2) is 7.60. The highest BCUT2D eigenvalue weighted by Gasteiger charge is 2.19. The third-order valence-electron chi connectivity index (χ3n) is 2.80. The quantitative estimate of drug-likeness (QED) is 0.632. The number of hydrogen-bond donors (Lipinski definition) is 2. The molecule has 0 aromatic carbocycles. The fourth-order valence-corrected chi connectivity index (χ4v) is 1.79. The van der Waals surface area contributed by atoms with E-state index in [1.165, 1.54) is 0 Å². The van der Waals surface area contributed by atoms with Crippen molar-refractivity contribution in [3.8, 4) is 0 Å². The van der Waals surface area contributed by atoms with Crippen LogP contribution in [0, 0.1) is 0 Å². The second-order valence-corrected chi connectivity index (χ2v) is 4.19. The Kier molecular flexibility index (Phi) is 6.37. The smallest absolute Gasteiger partial charge is 0.246 e. The lowest BCUT2D eigenvalue weighted by Crippen LogP contribution is -2.35. The first-order valence-electron chi connectivity index (χ1n) is 5.85. The van der Waals surface area contributed by atoms with Gasteiger partial charge in [-0.05, 0) is 25.7 Å². The van der Waals surface area contributed by atoms with Gasteiger partial charge in [-0.15, -0.1) is 0 Å². The normalized spacial score (nSPS) is 25.4. The summed E-state index contributed by atoms with van der Waals surface area (Å²) >= 11 is 0. The summed E-state index contributed by atoms with van der Waals surface area (Å²) in [4.78, 5) is 11.3. The van der Waals surface area contributed by atoms with Crippen LogP contribution in [0.25, 0.3) is 0 Å². The molecule has 0 saturated heterocycles. The van der Waals surface area contributed by atoms with E-state index in [-0.39, 0.29) is 18.6 Å². The maximum Gasteiger partial charge on any atom is 0.246 e. The molecule has 3 N–H and O–H groups in total. The van der Waals surface area contributed by atoms with Gasteiger partial charge in [0, 0.05) is 19.7 Å². The van der Waals surface area contributed by atoms with Crippen LogP contribution in [0.2, 0.25) is 0 Å². The average molecular weight is 230 g/mol. The first-order valence-corrected chi connectivity index (χ1v) is 5.85. The Bertz CT molecular complexity index is 203. The molecule has 1 saturated carbocycles. The minimum absolute atomic E-state index is 0.0769. The van der Waals surface area contributed by atoms with Gasteiger partial charge >= 0.3 is 0 Å². The van der Waals surface area contributed by atoms with Gasteiger partial charge in [0.25, 0.3) is 0 Å². The maximum atomic E-state index is 11.3. The zero-order chi connectivity index (χ0) is 11.8. The van der Waals surface area contributed by atoms with Crippen molar-refractivity contribution in [2.24, 2.45) is 5.73 Å². The molecule has 0 aliphatic heterocycles. The van der Waals surface area contributed by atoms with Gasteiger partial charge in [-0.2, -0.15) is 0 Å². The number of methoxy groups -OCH3 is 1. The van der Waals surface area contributed by atoms with Crippen molar-refractivity contribution in [2.75, 3.05) is 26.9 Å². The molecule has 0 unspecified atom stereocenters. The molecule has 16 heavy (non-hydrogen) atoms. The van der Waals surface area contributed by atoms with Gasteiger partial charge in [-0.1, -0.05) is 0 Å². The van der Waals surface area contributed by atoms with E-state index in [4.69, 9.17) is 15.2 Å². The van der Waals surface area contributed by atoms with Crippen LogP contribution in [0.15, 0.2) is 0 Å². The van der Waals surface area contributed by atoms with E-state index in [0.717, 1.165) is 25.7 Å². The Labute approximate surface area is 96.7 Å². The van der Waals surface area contributed by atoms with E-state index in [0.29, 0.717) is 19.2 Å². The van der Waals surface area contributed by atoms with E-state index in [9.17, 15) is 4.79 Å². The van der Waals surface area contributed by atoms with Gasteiger partial charge in [-0.3, -0.25) is 4.79 Å². The highest BCUT2D eigenvalue weighted by atomic mass is 16.5. The van der Waals surface area contributed by atoms with Gasteiger partial charge in [-0.25, -0.2) is 0 Å². The molecule has 5 heteroatoms. The zero-order valence-corrected chi connectivity index (χ0v) is 9.91. The molecule has 1 aliphatic carbocycles. The minimum atomic E-state index is -0.0769. The van der Waals surface area contributed by atoms with Crippen LogP contribution >= 0.6 is 0 Å². The number of carbonyl (C=O) groups excluding carboxylic acids is 1. The lowest BCUT2D eigenvalue weighted by molar-refractivity contribution is -0.128. The molecule has 1 rings (SSSR count). The van der Waals surface area contributed by atoms with E-state index in [1.54, 1.807) is 7.11 Å². The molecule has 1 fully saturated rings. The number of ether oxygens (including phenoxy) is 2. The highest BCUT2D eigenvalue weighted by molar-refractivity contribution is 5.77. The molecule has 5 nitrogen and oxygen atoms in total. The average Bonchev–Trinajstić information content (AvgIpc) is 2.29. The van der Waals surface area contributed by atoms with E-state index in [2.05, 4.69) is 5.32 Å². The van der Waals surface area contributed by atoms with Crippen molar-refractivity contribution >= 4 is 5.91 Å². The summed E-state index contributed by atoms with van der Waals surface area (Å²) in [7, 11) is 1.61. The minimum Gasteiger partial charge on any atom is -0.383 e. The van der Waals surface area contributed by atoms with E-state index >= 15 is 0 Å². The first-order chi connectivity index (χ1) is 7.72. The van der Waals surface area contributed by atoms with Crippen molar-refractivity contribution in [3.63, 3.8) is 0 Å². The molecule has 0 aromatic rings. The molecule has 0 atom stereocenters. The van der Waals surface area contributed by atoms with Crippen molar-refractivity contribution in [3.05, 3.63) is 0 Å². The lowest BCUT2D eigenvalue weighted by atomic mass is 9.94. The Hall–Kier alpha value is -0.650. The summed E-state index contributed by atoms with van der Waals surface area (Å²) in [6.07, 6.45) is 4.12. The molecule has 1 amide bonds. The van der Waals surface area contributed by atoms with Crippen molar-refractivity contribution in [1.82, 2.24) is 5.32 Å². The van der Waals surface area contributed by atoms with Crippen LogP contribution in [0.4, 0.5) is 0 Å². The lowest BCUT2D eigenvalue weighted by Gasteiger charge is -2.25. The number of nitrogens with one attached hydrogen (secondary N) is 1. The molecule has 0 spiro atoms. The monoisotopic (exact) mass is 230 g/mol. The number of carbonyl (C=O) groups is 1. The summed E-state index contributed by atoms with van der Waals surface area (Å²) in [5, 5.41) is 2.72. The van der Waals surface area contributed by atoms with Gasteiger partial charge in [0.2, 0.25) is 5.91 Å². The topological polar surface area (TPSA) is 73.6 Å². The first kappa shape index (κ1) is 13.4. The largest absolute Gasteiger partial charge is 0.383 e. The van der Waals surface area contributed by atoms with Gasteiger partial charge in [0.05, 0.1) is 12.7 Å². The van der Waals surface area contributed by atoms with E-state index < -0.39 is 0 Å². The van der Waals surface area contributed by atoms with Gasteiger partial charge in [0.15, 0.2) is 0 Å². The van der Waals surface area contributed by atoms with Crippen LogP contribution in [-0.4, -0.2) is 44.9 Å². The van der Waals surface area contributed by atoms with Crippen LogP contribution in [-0.2, 0) is 14.3 Å². The summed E-state index contributed by atoms with van der Waals surface area (Å²) in [6, 6.07) is 0.315. The molecule has 0 bridgehead atoms. The zero-order valence-electron chi connectivity index (χ0n) is 9.91. The third-order valence-corrected chi connectivity index (χ3v) is 2.80. The molecule has 0 aromatic heterocycles. The van der Waals surface area contributed by atoms with Crippen LogP contribution < -0.4 is 11.1 Å². The molecule has 0 radical (unpaired) electrons. The summed E-state index contributed by atoms with van der Waals surface area (Å²) < 4.78 is 10.3. The van der Waals surface area contributed by atoms with Crippen LogP contribution in [0.1, 0.15) is 25.7 Å². The van der Waals surface area contributed by atoms with Crippen LogP contribution in [0.5, 0.6) is 0 Å².